The lowest BCUT2D eigenvalue weighted by Crippen LogP contribution is -2.47. The monoisotopic (exact) mass is 168 g/mol. The summed E-state index contributed by atoms with van der Waals surface area (Å²) in [7, 11) is 3.92. The summed E-state index contributed by atoms with van der Waals surface area (Å²) in [6, 6.07) is 0. The third kappa shape index (κ3) is 3.40. The molecular weight excluding hydrogens is 152 g/mol. The Morgan fingerprint density at radius 1 is 1.58 bits per heavy atom. The van der Waals surface area contributed by atoms with Crippen LogP contribution in [0.5, 0.6) is 0 Å². The maximum Gasteiger partial charge on any atom is 0.295 e. The third-order valence-corrected chi connectivity index (χ3v) is 2.02. The van der Waals surface area contributed by atoms with Crippen molar-refractivity contribution in [1.29, 1.82) is 0 Å². The fourth-order valence-corrected chi connectivity index (χ4v) is 0.506. The summed E-state index contributed by atoms with van der Waals surface area (Å²) in [6.45, 7) is 4.62. The van der Waals surface area contributed by atoms with Crippen LogP contribution in [0.25, 0.3) is 0 Å². The van der Waals surface area contributed by atoms with Crippen LogP contribution in [-0.2, 0) is 4.79 Å². The molecule has 0 fully saturated rings. The molecule has 0 aromatic rings. The van der Waals surface area contributed by atoms with E-state index >= 15 is 0 Å². The highest BCUT2D eigenvalue weighted by molar-refractivity contribution is 5.92. The maximum absolute atomic E-state index is 10.7. The van der Waals surface area contributed by atoms with Gasteiger partial charge in [0.05, 0.1) is 0 Å². The van der Waals surface area contributed by atoms with Crippen molar-refractivity contribution < 1.29 is 4.79 Å². The number of carbonyl (C=O) groups excluding carboxylic acids is 1. The van der Waals surface area contributed by atoms with Crippen LogP contribution in [0.4, 0.5) is 0 Å². The van der Waals surface area contributed by atoms with Crippen LogP contribution < -0.4 is 5.32 Å². The number of amides is 1. The maximum atomic E-state index is 10.7. The first-order valence-electron chi connectivity index (χ1n) is 3.82. The number of nitrogens with one attached hydrogen (secondary N) is 1. The molecule has 0 saturated heterocycles. The van der Waals surface area contributed by atoms with Gasteiger partial charge in [-0.2, -0.15) is 0 Å². The van der Waals surface area contributed by atoms with Crippen molar-refractivity contribution in [2.75, 3.05) is 20.6 Å². The van der Waals surface area contributed by atoms with Crippen molar-refractivity contribution in [3.63, 3.8) is 0 Å². The lowest BCUT2D eigenvalue weighted by atomic mass is 10.0. The van der Waals surface area contributed by atoms with Gasteiger partial charge in [-0.15, -0.1) is 6.42 Å². The summed E-state index contributed by atoms with van der Waals surface area (Å²) in [5, 5.41) is 2.64. The zero-order chi connectivity index (χ0) is 9.78. The Morgan fingerprint density at radius 3 is 2.42 bits per heavy atom. The average molecular weight is 168 g/mol. The van der Waals surface area contributed by atoms with Gasteiger partial charge in [0, 0.05) is 12.1 Å². The van der Waals surface area contributed by atoms with E-state index in [1.165, 1.54) is 0 Å². The van der Waals surface area contributed by atoms with Gasteiger partial charge in [0.15, 0.2) is 0 Å². The van der Waals surface area contributed by atoms with E-state index in [2.05, 4.69) is 5.32 Å². The minimum absolute atomic E-state index is 0.0630. The molecule has 0 rings (SSSR count). The Hall–Kier alpha value is -1.01. The lowest BCUT2D eigenvalue weighted by molar-refractivity contribution is -0.116. The summed E-state index contributed by atoms with van der Waals surface area (Å²) in [6.07, 6.45) is 4.90. The van der Waals surface area contributed by atoms with E-state index in [4.69, 9.17) is 6.42 Å². The summed E-state index contributed by atoms with van der Waals surface area (Å²) in [5.41, 5.74) is -0.0630. The first-order valence-corrected chi connectivity index (χ1v) is 3.82. The standard InChI is InChI=1S/C9H16N2O/c1-6-8(12)10-7-9(2,3)11(4)5/h1H,7H2,2-5H3,(H,10,12). The second-order valence-electron chi connectivity index (χ2n) is 3.53. The van der Waals surface area contributed by atoms with Gasteiger partial charge >= 0.3 is 0 Å². The Kier molecular flexibility index (Phi) is 3.78. The van der Waals surface area contributed by atoms with E-state index in [9.17, 15) is 4.79 Å². The fraction of sp³-hybridized carbons (Fsp3) is 0.667. The molecule has 3 heteroatoms. The topological polar surface area (TPSA) is 32.3 Å². The SMILES string of the molecule is C#CC(=O)NCC(C)(C)N(C)C. The Bertz CT molecular complexity index is 201. The van der Waals surface area contributed by atoms with E-state index in [1.54, 1.807) is 0 Å². The van der Waals surface area contributed by atoms with E-state index < -0.39 is 0 Å². The molecule has 0 atom stereocenters. The normalized spacial score (nSPS) is 11.0. The molecule has 12 heavy (non-hydrogen) atoms. The molecule has 0 unspecified atom stereocenters. The smallest absolute Gasteiger partial charge is 0.295 e. The molecule has 3 nitrogen and oxygen atoms in total. The predicted octanol–water partition coefficient (Wildman–Crippen LogP) is 0.0760. The van der Waals surface area contributed by atoms with Crippen LogP contribution in [0.15, 0.2) is 0 Å². The zero-order valence-corrected chi connectivity index (χ0v) is 8.14. The Balaban J connectivity index is 3.94. The van der Waals surface area contributed by atoms with Gasteiger partial charge in [-0.25, -0.2) is 0 Å². The van der Waals surface area contributed by atoms with Gasteiger partial charge in [0.1, 0.15) is 0 Å². The van der Waals surface area contributed by atoms with Crippen molar-refractivity contribution in [3.8, 4) is 12.3 Å². The zero-order valence-electron chi connectivity index (χ0n) is 8.14. The van der Waals surface area contributed by atoms with Gasteiger partial charge in [-0.3, -0.25) is 4.79 Å². The van der Waals surface area contributed by atoms with Crippen molar-refractivity contribution in [1.82, 2.24) is 10.2 Å². The number of nitrogens with zero attached hydrogens (tertiary/aromatic N) is 1. The number of carbonyl (C=O) groups is 1. The molecule has 0 radical (unpaired) electrons. The van der Waals surface area contributed by atoms with Gasteiger partial charge in [0.2, 0.25) is 0 Å². The Labute approximate surface area is 74.1 Å². The molecular formula is C9H16N2O. The molecule has 0 aromatic carbocycles. The fourth-order valence-electron chi connectivity index (χ4n) is 0.506. The summed E-state index contributed by atoms with van der Waals surface area (Å²) >= 11 is 0. The first-order chi connectivity index (χ1) is 5.40. The molecule has 0 saturated carbocycles. The average Bonchev–Trinajstić information content (AvgIpc) is 2.00. The number of rotatable bonds is 3. The molecule has 0 aliphatic rings. The van der Waals surface area contributed by atoms with Crippen molar-refractivity contribution >= 4 is 5.91 Å². The Morgan fingerprint density at radius 2 is 2.08 bits per heavy atom. The molecule has 0 aliphatic heterocycles. The first kappa shape index (κ1) is 11.0. The molecule has 0 aliphatic carbocycles. The van der Waals surface area contributed by atoms with Crippen molar-refractivity contribution in [3.05, 3.63) is 0 Å². The highest BCUT2D eigenvalue weighted by Gasteiger charge is 2.20. The molecule has 0 spiro atoms. The molecule has 0 bridgehead atoms. The van der Waals surface area contributed by atoms with Crippen LogP contribution in [-0.4, -0.2) is 37.0 Å². The minimum Gasteiger partial charge on any atom is -0.343 e. The lowest BCUT2D eigenvalue weighted by Gasteiger charge is -2.32. The van der Waals surface area contributed by atoms with Crippen LogP contribution in [0, 0.1) is 12.3 Å². The van der Waals surface area contributed by atoms with Crippen LogP contribution in [0.1, 0.15) is 13.8 Å². The van der Waals surface area contributed by atoms with E-state index in [1.807, 2.05) is 38.8 Å². The highest BCUT2D eigenvalue weighted by Crippen LogP contribution is 2.07. The van der Waals surface area contributed by atoms with Gasteiger partial charge in [0.25, 0.3) is 5.91 Å². The van der Waals surface area contributed by atoms with Crippen molar-refractivity contribution in [2.24, 2.45) is 0 Å². The summed E-state index contributed by atoms with van der Waals surface area (Å²) in [4.78, 5) is 12.7. The van der Waals surface area contributed by atoms with Gasteiger partial charge < -0.3 is 10.2 Å². The predicted molar refractivity (Wildman–Crippen MR) is 49.6 cm³/mol. The van der Waals surface area contributed by atoms with Gasteiger partial charge in [-0.1, -0.05) is 0 Å². The van der Waals surface area contributed by atoms with Crippen LogP contribution in [0.2, 0.25) is 0 Å². The number of hydrogen-bond acceptors (Lipinski definition) is 2. The van der Waals surface area contributed by atoms with E-state index in [0.717, 1.165) is 0 Å². The minimum atomic E-state index is -0.357. The highest BCUT2D eigenvalue weighted by atomic mass is 16.1. The number of terminal acetylenes is 1. The molecule has 0 aromatic heterocycles. The second kappa shape index (κ2) is 4.13. The van der Waals surface area contributed by atoms with Gasteiger partial charge in [-0.05, 0) is 33.9 Å². The molecule has 0 heterocycles. The van der Waals surface area contributed by atoms with Crippen LogP contribution >= 0.6 is 0 Å². The molecule has 68 valence electrons. The summed E-state index contributed by atoms with van der Waals surface area (Å²) < 4.78 is 0. The summed E-state index contributed by atoms with van der Waals surface area (Å²) in [5.74, 6) is 1.65. The quantitative estimate of drug-likeness (QED) is 0.605. The van der Waals surface area contributed by atoms with Crippen LogP contribution in [0.3, 0.4) is 0 Å². The van der Waals surface area contributed by atoms with E-state index in [0.29, 0.717) is 6.54 Å². The number of hydrogen-bond donors (Lipinski definition) is 1. The number of likely N-dealkylation sites (N-methyl/N-ethyl adjacent to an activating group) is 1. The van der Waals surface area contributed by atoms with Crippen molar-refractivity contribution in [2.45, 2.75) is 19.4 Å². The van der Waals surface area contributed by atoms with E-state index in [-0.39, 0.29) is 11.4 Å². The second-order valence-corrected chi connectivity index (χ2v) is 3.53. The largest absolute Gasteiger partial charge is 0.343 e. The molecule has 1 amide bonds. The third-order valence-electron chi connectivity index (χ3n) is 2.02. The molecule has 1 N–H and O–H groups in total.